The van der Waals surface area contributed by atoms with Gasteiger partial charge in [-0.15, -0.1) is 0 Å². The Morgan fingerprint density at radius 1 is 1.19 bits per heavy atom. The molecule has 21 heavy (non-hydrogen) atoms. The lowest BCUT2D eigenvalue weighted by Gasteiger charge is -2.26. The van der Waals surface area contributed by atoms with E-state index in [1.807, 2.05) is 36.7 Å². The quantitative estimate of drug-likeness (QED) is 0.624. The number of aromatic nitrogens is 1. The van der Waals surface area contributed by atoms with Gasteiger partial charge in [-0.05, 0) is 18.6 Å². The number of pyridine rings is 1. The third-order valence-electron chi connectivity index (χ3n) is 3.78. The van der Waals surface area contributed by atoms with Crippen LogP contribution < -0.4 is 0 Å². The minimum Gasteiger partial charge on any atom is -0.379 e. The molecule has 0 aliphatic carbocycles. The minimum atomic E-state index is 0.867. The third-order valence-corrected chi connectivity index (χ3v) is 3.78. The molecule has 2 heterocycles. The lowest BCUT2D eigenvalue weighted by Crippen LogP contribution is -2.37. The molecule has 1 fully saturated rings. The Morgan fingerprint density at radius 3 is 2.95 bits per heavy atom. The Balaban J connectivity index is 1.53. The number of hydrogen-bond acceptors (Lipinski definition) is 4. The molecule has 0 unspecified atom stereocenters. The molecule has 0 spiro atoms. The summed E-state index contributed by atoms with van der Waals surface area (Å²) in [5, 5.41) is 1.16. The molecule has 1 aromatic heterocycles. The lowest BCUT2D eigenvalue weighted by atomic mass is 10.1. The van der Waals surface area contributed by atoms with Crippen molar-refractivity contribution in [1.82, 2.24) is 9.88 Å². The first-order chi connectivity index (χ1) is 10.4. The summed E-state index contributed by atoms with van der Waals surface area (Å²) in [6.07, 6.45) is 4.92. The first-order valence-electron chi connectivity index (χ1n) is 7.57. The van der Waals surface area contributed by atoms with Crippen molar-refractivity contribution in [2.45, 2.75) is 6.42 Å². The molecule has 1 saturated heterocycles. The summed E-state index contributed by atoms with van der Waals surface area (Å²) in [6.45, 7) is 5.82. The van der Waals surface area contributed by atoms with Gasteiger partial charge in [0.25, 0.3) is 0 Å². The largest absolute Gasteiger partial charge is 0.379 e. The average molecular weight is 283 g/mol. The zero-order valence-electron chi connectivity index (χ0n) is 12.2. The second-order valence-corrected chi connectivity index (χ2v) is 5.26. The fourth-order valence-corrected chi connectivity index (χ4v) is 2.60. The number of ether oxygens (including phenoxy) is 1. The van der Waals surface area contributed by atoms with Gasteiger partial charge in [-0.25, -0.2) is 0 Å². The van der Waals surface area contributed by atoms with Crippen molar-refractivity contribution in [3.8, 4) is 0 Å². The normalized spacial score (nSPS) is 16.8. The number of para-hydroxylation sites is 1. The van der Waals surface area contributed by atoms with Crippen LogP contribution in [0.5, 0.6) is 0 Å². The molecule has 1 aromatic carbocycles. The molecular weight excluding hydrogens is 262 g/mol. The molecule has 1 aliphatic heterocycles. The fraction of sp³-hybridized carbons (Fsp3) is 0.412. The molecule has 4 heteroatoms. The fourth-order valence-electron chi connectivity index (χ4n) is 2.60. The summed E-state index contributed by atoms with van der Waals surface area (Å²) in [7, 11) is 0. The van der Waals surface area contributed by atoms with Gasteiger partial charge in [0, 0.05) is 49.5 Å². The smallest absolute Gasteiger partial charge is 0.0708 e. The summed E-state index contributed by atoms with van der Waals surface area (Å²) in [5.41, 5.74) is 2.17. The number of aliphatic imine (C=N–C) groups is 1. The zero-order valence-corrected chi connectivity index (χ0v) is 12.2. The molecule has 0 N–H and O–H groups in total. The Morgan fingerprint density at radius 2 is 2.05 bits per heavy atom. The number of nitrogens with zero attached hydrogens (tertiary/aromatic N) is 3. The van der Waals surface area contributed by atoms with Crippen LogP contribution in [-0.2, 0) is 4.74 Å². The standard InChI is InChI=1S/C17H21N3O/c1-2-5-17-16(4-1)15(6-8-19-17)14-18-7-3-9-20-10-12-21-13-11-20/h1-2,4-6,8,14H,3,7,9-13H2. The number of hydrogen-bond donors (Lipinski definition) is 0. The van der Waals surface area contributed by atoms with E-state index in [4.69, 9.17) is 4.74 Å². The highest BCUT2D eigenvalue weighted by atomic mass is 16.5. The molecule has 0 saturated carbocycles. The van der Waals surface area contributed by atoms with Gasteiger partial charge in [0.1, 0.15) is 0 Å². The van der Waals surface area contributed by atoms with Crippen LogP contribution in [0, 0.1) is 0 Å². The topological polar surface area (TPSA) is 37.7 Å². The number of rotatable bonds is 5. The molecule has 4 nitrogen and oxygen atoms in total. The van der Waals surface area contributed by atoms with Crippen molar-refractivity contribution in [3.63, 3.8) is 0 Å². The summed E-state index contributed by atoms with van der Waals surface area (Å²) >= 11 is 0. The molecule has 2 aromatic rings. The van der Waals surface area contributed by atoms with Crippen molar-refractivity contribution in [2.75, 3.05) is 39.4 Å². The molecular formula is C17H21N3O. The van der Waals surface area contributed by atoms with Crippen molar-refractivity contribution in [2.24, 2.45) is 4.99 Å². The van der Waals surface area contributed by atoms with Crippen LogP contribution in [0.1, 0.15) is 12.0 Å². The van der Waals surface area contributed by atoms with Gasteiger partial charge < -0.3 is 4.74 Å². The zero-order chi connectivity index (χ0) is 14.3. The Labute approximate surface area is 125 Å². The van der Waals surface area contributed by atoms with E-state index in [1.54, 1.807) is 0 Å². The maximum atomic E-state index is 5.35. The van der Waals surface area contributed by atoms with Gasteiger partial charge in [-0.2, -0.15) is 0 Å². The number of benzene rings is 1. The van der Waals surface area contributed by atoms with E-state index < -0.39 is 0 Å². The van der Waals surface area contributed by atoms with Crippen molar-refractivity contribution in [1.29, 1.82) is 0 Å². The summed E-state index contributed by atoms with van der Waals surface area (Å²) < 4.78 is 5.35. The summed E-state index contributed by atoms with van der Waals surface area (Å²) in [4.78, 5) is 11.4. The van der Waals surface area contributed by atoms with E-state index in [0.717, 1.165) is 62.3 Å². The first-order valence-corrected chi connectivity index (χ1v) is 7.57. The predicted molar refractivity (Wildman–Crippen MR) is 86.1 cm³/mol. The van der Waals surface area contributed by atoms with Crippen LogP contribution in [0.15, 0.2) is 41.5 Å². The van der Waals surface area contributed by atoms with Crippen LogP contribution >= 0.6 is 0 Å². The summed E-state index contributed by atoms with van der Waals surface area (Å²) in [6, 6.07) is 10.2. The average Bonchev–Trinajstić information content (AvgIpc) is 2.56. The van der Waals surface area contributed by atoms with Gasteiger partial charge in [-0.1, -0.05) is 18.2 Å². The van der Waals surface area contributed by atoms with Crippen molar-refractivity contribution in [3.05, 3.63) is 42.1 Å². The van der Waals surface area contributed by atoms with Crippen molar-refractivity contribution >= 4 is 17.1 Å². The van der Waals surface area contributed by atoms with Gasteiger partial charge in [-0.3, -0.25) is 14.9 Å². The highest BCUT2D eigenvalue weighted by molar-refractivity contribution is 5.97. The van der Waals surface area contributed by atoms with Gasteiger partial charge >= 0.3 is 0 Å². The maximum absolute atomic E-state index is 5.35. The summed E-state index contributed by atoms with van der Waals surface area (Å²) in [5.74, 6) is 0. The second-order valence-electron chi connectivity index (χ2n) is 5.26. The molecule has 1 aliphatic rings. The highest BCUT2D eigenvalue weighted by Crippen LogP contribution is 2.14. The predicted octanol–water partition coefficient (Wildman–Crippen LogP) is 2.38. The monoisotopic (exact) mass is 283 g/mol. The first kappa shape index (κ1) is 14.2. The van der Waals surface area contributed by atoms with E-state index in [2.05, 4.69) is 20.9 Å². The highest BCUT2D eigenvalue weighted by Gasteiger charge is 2.08. The Bertz CT molecular complexity index is 601. The van der Waals surface area contributed by atoms with Crippen LogP contribution in [-0.4, -0.2) is 55.5 Å². The third kappa shape index (κ3) is 3.86. The molecule has 0 bridgehead atoms. The van der Waals surface area contributed by atoms with Crippen LogP contribution in [0.2, 0.25) is 0 Å². The molecule has 0 amide bonds. The van der Waals surface area contributed by atoms with E-state index in [1.165, 1.54) is 0 Å². The molecule has 3 rings (SSSR count). The molecule has 0 radical (unpaired) electrons. The van der Waals surface area contributed by atoms with Crippen LogP contribution in [0.3, 0.4) is 0 Å². The lowest BCUT2D eigenvalue weighted by molar-refractivity contribution is 0.0377. The van der Waals surface area contributed by atoms with Crippen LogP contribution in [0.25, 0.3) is 10.9 Å². The van der Waals surface area contributed by atoms with E-state index in [9.17, 15) is 0 Å². The Kier molecular flexibility index (Phi) is 4.92. The SMILES string of the molecule is C(=NCCCN1CCOCC1)c1ccnc2ccccc12. The number of morpholine rings is 1. The minimum absolute atomic E-state index is 0.867. The second kappa shape index (κ2) is 7.29. The number of fused-ring (bicyclic) bond motifs is 1. The van der Waals surface area contributed by atoms with Crippen molar-refractivity contribution < 1.29 is 4.74 Å². The van der Waals surface area contributed by atoms with E-state index >= 15 is 0 Å². The van der Waals surface area contributed by atoms with Crippen LogP contribution in [0.4, 0.5) is 0 Å². The van der Waals surface area contributed by atoms with Gasteiger partial charge in [0.15, 0.2) is 0 Å². The molecule has 0 atom stereocenters. The van der Waals surface area contributed by atoms with E-state index in [0.29, 0.717) is 0 Å². The van der Waals surface area contributed by atoms with Gasteiger partial charge in [0.05, 0.1) is 18.7 Å². The Hall–Kier alpha value is -1.78. The molecule has 110 valence electrons. The van der Waals surface area contributed by atoms with Gasteiger partial charge in [0.2, 0.25) is 0 Å². The van der Waals surface area contributed by atoms with E-state index in [-0.39, 0.29) is 0 Å². The maximum Gasteiger partial charge on any atom is 0.0708 e.